The molecule has 0 fully saturated rings. The summed E-state index contributed by atoms with van der Waals surface area (Å²) in [6.07, 6.45) is 0. The van der Waals surface area contributed by atoms with Crippen LogP contribution < -0.4 is 0 Å². The summed E-state index contributed by atoms with van der Waals surface area (Å²) in [7, 11) is 1.78. The second kappa shape index (κ2) is 7.26. The number of nitrogens with zero attached hydrogens (tertiary/aromatic N) is 1. The monoisotopic (exact) mass is 293 g/mol. The lowest BCUT2D eigenvalue weighted by molar-refractivity contribution is -0.127. The van der Waals surface area contributed by atoms with Crippen molar-refractivity contribution in [3.05, 3.63) is 21.3 Å². The first-order valence-corrected chi connectivity index (χ1v) is 7.48. The summed E-state index contributed by atoms with van der Waals surface area (Å²) in [5.74, 6) is 0.469. The predicted molar refractivity (Wildman–Crippen MR) is 74.8 cm³/mol. The number of rotatable bonds is 6. The predicted octanol–water partition coefficient (Wildman–Crippen LogP) is 2.47. The molecule has 0 bridgehead atoms. The fourth-order valence-electron chi connectivity index (χ4n) is 1.14. The molecule has 0 aliphatic heterocycles. The number of thiophene rings is 1. The Morgan fingerprint density at radius 2 is 2.35 bits per heavy atom. The number of carbonyl (C=O) groups excluding carboxylic acids is 1. The van der Waals surface area contributed by atoms with Crippen LogP contribution in [0.25, 0.3) is 0 Å². The van der Waals surface area contributed by atoms with Gasteiger partial charge in [0.1, 0.15) is 0 Å². The normalized spacial score (nSPS) is 12.5. The maximum atomic E-state index is 11.8. The van der Waals surface area contributed by atoms with Crippen LogP contribution in [0.1, 0.15) is 11.8 Å². The van der Waals surface area contributed by atoms with Gasteiger partial charge in [-0.2, -0.15) is 0 Å². The van der Waals surface area contributed by atoms with Gasteiger partial charge in [-0.05, 0) is 12.1 Å². The van der Waals surface area contributed by atoms with E-state index < -0.39 is 0 Å². The zero-order chi connectivity index (χ0) is 12.8. The number of halogens is 1. The van der Waals surface area contributed by atoms with Gasteiger partial charge in [-0.25, -0.2) is 0 Å². The molecule has 1 aromatic heterocycles. The average molecular weight is 294 g/mol. The molecule has 0 spiro atoms. The Balaban J connectivity index is 2.36. The lowest BCUT2D eigenvalue weighted by Crippen LogP contribution is -2.28. The van der Waals surface area contributed by atoms with Crippen LogP contribution in [0.4, 0.5) is 0 Å². The van der Waals surface area contributed by atoms with E-state index in [2.05, 4.69) is 0 Å². The van der Waals surface area contributed by atoms with E-state index >= 15 is 0 Å². The van der Waals surface area contributed by atoms with Gasteiger partial charge in [0.2, 0.25) is 5.91 Å². The third-order valence-corrected chi connectivity index (χ3v) is 4.54. The highest BCUT2D eigenvalue weighted by atomic mass is 35.5. The van der Waals surface area contributed by atoms with Crippen LogP contribution in [0, 0.1) is 0 Å². The first-order chi connectivity index (χ1) is 8.02. The first-order valence-electron chi connectivity index (χ1n) is 5.23. The summed E-state index contributed by atoms with van der Waals surface area (Å²) in [4.78, 5) is 14.5. The topological polar surface area (TPSA) is 40.5 Å². The largest absolute Gasteiger partial charge is 0.395 e. The van der Waals surface area contributed by atoms with Crippen molar-refractivity contribution in [1.29, 1.82) is 0 Å². The third kappa shape index (κ3) is 5.29. The van der Waals surface area contributed by atoms with E-state index in [1.165, 1.54) is 23.1 Å². The molecule has 0 radical (unpaired) electrons. The van der Waals surface area contributed by atoms with Crippen LogP contribution in [0.2, 0.25) is 4.34 Å². The Kier molecular flexibility index (Phi) is 6.33. The minimum Gasteiger partial charge on any atom is -0.395 e. The van der Waals surface area contributed by atoms with Crippen LogP contribution in [-0.4, -0.2) is 40.6 Å². The molecule has 1 aromatic rings. The number of aliphatic hydroxyl groups excluding tert-OH is 1. The summed E-state index contributed by atoms with van der Waals surface area (Å²) in [5, 5.41) is 8.97. The Morgan fingerprint density at radius 1 is 1.65 bits per heavy atom. The molecule has 0 aliphatic rings. The maximum Gasteiger partial charge on any atom is 0.232 e. The molecule has 1 amide bonds. The number of aliphatic hydroxyl groups is 1. The highest BCUT2D eigenvalue weighted by Gasteiger charge is 2.12. The Morgan fingerprint density at radius 3 is 2.88 bits per heavy atom. The standard InChI is InChI=1S/C11H16ClNO2S2/c1-8(6-14)16-7-11(15)13(2)5-9-3-4-10(12)17-9/h3-4,8,14H,5-7H2,1-2H3. The van der Waals surface area contributed by atoms with Crippen LogP contribution in [-0.2, 0) is 11.3 Å². The fraction of sp³-hybridized carbons (Fsp3) is 0.545. The van der Waals surface area contributed by atoms with Crippen molar-refractivity contribution >= 4 is 40.6 Å². The van der Waals surface area contributed by atoms with E-state index in [4.69, 9.17) is 16.7 Å². The molecule has 1 atom stereocenters. The summed E-state index contributed by atoms with van der Waals surface area (Å²) >= 11 is 8.78. The average Bonchev–Trinajstić information content (AvgIpc) is 2.70. The van der Waals surface area contributed by atoms with Gasteiger partial charge in [0.05, 0.1) is 23.2 Å². The number of carbonyl (C=O) groups is 1. The van der Waals surface area contributed by atoms with E-state index in [9.17, 15) is 4.79 Å². The van der Waals surface area contributed by atoms with Crippen molar-refractivity contribution in [3.63, 3.8) is 0 Å². The molecule has 96 valence electrons. The van der Waals surface area contributed by atoms with Gasteiger partial charge in [0.25, 0.3) is 0 Å². The summed E-state index contributed by atoms with van der Waals surface area (Å²) in [6.45, 7) is 2.59. The van der Waals surface area contributed by atoms with Crippen molar-refractivity contribution in [2.45, 2.75) is 18.7 Å². The molecule has 0 aromatic carbocycles. The van der Waals surface area contributed by atoms with E-state index in [0.29, 0.717) is 12.3 Å². The first kappa shape index (κ1) is 14.8. The molecule has 17 heavy (non-hydrogen) atoms. The van der Waals surface area contributed by atoms with Crippen molar-refractivity contribution in [3.8, 4) is 0 Å². The van der Waals surface area contributed by atoms with Gasteiger partial charge in [0, 0.05) is 17.2 Å². The molecular formula is C11H16ClNO2S2. The Hall–Kier alpha value is -0.230. The van der Waals surface area contributed by atoms with Crippen LogP contribution in [0.5, 0.6) is 0 Å². The van der Waals surface area contributed by atoms with E-state index in [1.807, 2.05) is 19.1 Å². The van der Waals surface area contributed by atoms with Gasteiger partial charge in [-0.15, -0.1) is 23.1 Å². The van der Waals surface area contributed by atoms with Crippen molar-refractivity contribution < 1.29 is 9.90 Å². The molecule has 3 nitrogen and oxygen atoms in total. The SMILES string of the molecule is CC(CO)SCC(=O)N(C)Cc1ccc(Cl)s1. The number of amides is 1. The molecule has 0 saturated carbocycles. The number of hydrogen-bond acceptors (Lipinski definition) is 4. The minimum absolute atomic E-state index is 0.0693. The van der Waals surface area contributed by atoms with Gasteiger partial charge in [-0.1, -0.05) is 18.5 Å². The van der Waals surface area contributed by atoms with Crippen molar-refractivity contribution in [2.75, 3.05) is 19.4 Å². The Labute approximate surface area is 115 Å². The molecule has 1 heterocycles. The van der Waals surface area contributed by atoms with Crippen LogP contribution in [0.3, 0.4) is 0 Å². The van der Waals surface area contributed by atoms with Gasteiger partial charge < -0.3 is 10.0 Å². The van der Waals surface area contributed by atoms with E-state index in [-0.39, 0.29) is 17.8 Å². The molecule has 1 unspecified atom stereocenters. The summed E-state index contributed by atoms with van der Waals surface area (Å²) in [5.41, 5.74) is 0. The second-order valence-electron chi connectivity index (χ2n) is 3.76. The molecule has 1 rings (SSSR count). The zero-order valence-electron chi connectivity index (χ0n) is 9.85. The van der Waals surface area contributed by atoms with Gasteiger partial charge >= 0.3 is 0 Å². The maximum absolute atomic E-state index is 11.8. The van der Waals surface area contributed by atoms with Crippen LogP contribution in [0.15, 0.2) is 12.1 Å². The molecule has 6 heteroatoms. The summed E-state index contributed by atoms with van der Waals surface area (Å²) < 4.78 is 0.740. The van der Waals surface area contributed by atoms with Crippen molar-refractivity contribution in [1.82, 2.24) is 4.90 Å². The lowest BCUT2D eigenvalue weighted by Gasteiger charge is -2.17. The number of thioether (sulfide) groups is 1. The third-order valence-electron chi connectivity index (χ3n) is 2.20. The second-order valence-corrected chi connectivity index (χ2v) is 6.99. The fourth-order valence-corrected chi connectivity index (χ4v) is 3.03. The quantitative estimate of drug-likeness (QED) is 0.876. The van der Waals surface area contributed by atoms with Gasteiger partial charge in [-0.3, -0.25) is 4.79 Å². The van der Waals surface area contributed by atoms with Crippen molar-refractivity contribution in [2.24, 2.45) is 0 Å². The molecular weight excluding hydrogens is 278 g/mol. The van der Waals surface area contributed by atoms with Crippen LogP contribution >= 0.6 is 34.7 Å². The lowest BCUT2D eigenvalue weighted by atomic mass is 10.4. The molecule has 0 saturated heterocycles. The van der Waals surface area contributed by atoms with E-state index in [0.717, 1.165) is 9.21 Å². The molecule has 0 aliphatic carbocycles. The van der Waals surface area contributed by atoms with E-state index in [1.54, 1.807) is 11.9 Å². The number of hydrogen-bond donors (Lipinski definition) is 1. The highest BCUT2D eigenvalue weighted by molar-refractivity contribution is 8.00. The molecule has 1 N–H and O–H groups in total. The minimum atomic E-state index is 0.0693. The Bertz CT molecular complexity index is 370. The zero-order valence-corrected chi connectivity index (χ0v) is 12.2. The van der Waals surface area contributed by atoms with Gasteiger partial charge in [0.15, 0.2) is 0 Å². The highest BCUT2D eigenvalue weighted by Crippen LogP contribution is 2.22. The summed E-state index contributed by atoms with van der Waals surface area (Å²) in [6, 6.07) is 3.77. The smallest absolute Gasteiger partial charge is 0.232 e.